The summed E-state index contributed by atoms with van der Waals surface area (Å²) in [4.78, 5) is 27.3. The van der Waals surface area contributed by atoms with E-state index in [2.05, 4.69) is 27.7 Å². The Morgan fingerprint density at radius 1 is 0.706 bits per heavy atom. The van der Waals surface area contributed by atoms with Crippen molar-refractivity contribution >= 4 is 24.9 Å². The summed E-state index contributed by atoms with van der Waals surface area (Å²) < 4.78 is 16.4. The van der Waals surface area contributed by atoms with Crippen molar-refractivity contribution in [1.82, 2.24) is 10.6 Å². The topological polar surface area (TPSA) is 147 Å². The molecule has 0 aromatic rings. The van der Waals surface area contributed by atoms with Gasteiger partial charge in [0, 0.05) is 19.5 Å². The summed E-state index contributed by atoms with van der Waals surface area (Å²) in [7, 11) is 0. The van der Waals surface area contributed by atoms with Crippen LogP contribution >= 0.6 is 12.9 Å². The molecule has 51 heavy (non-hydrogen) atoms. The molecule has 11 heteroatoms. The van der Waals surface area contributed by atoms with Crippen LogP contribution in [0.25, 0.3) is 0 Å². The van der Waals surface area contributed by atoms with Crippen LogP contribution in [0.2, 0.25) is 0 Å². The Labute approximate surface area is 311 Å². The van der Waals surface area contributed by atoms with E-state index in [-0.39, 0.29) is 35.3 Å². The standard InChI is InChI=1S/C40H68N2O8S/c43-28-30-32(44)33(45)31(34(49-30)48-27-26-41-36(47)50-51)42-35(46)38(20-10-3-11-21-38)40(24-14-5-15-25-40)39(22-12-4-13-23-39)37(18-8-2-9-19-37)29-16-6-1-7-17-29/h29-34,43-45,51H,1-28H2,(H,41,47)(H,42,46)/t30?,31?,32-,33+,34+/m0/s1. The first-order valence-electron chi connectivity index (χ1n) is 20.9. The first kappa shape index (κ1) is 39.6. The predicted octanol–water partition coefficient (Wildman–Crippen LogP) is 6.88. The fourth-order valence-corrected chi connectivity index (χ4v) is 13.5. The molecule has 10 nitrogen and oxygen atoms in total. The fraction of sp³-hybridized carbons (Fsp3) is 0.950. The van der Waals surface area contributed by atoms with Crippen LogP contribution in [-0.2, 0) is 18.5 Å². The number of nitrogens with one attached hydrogen (secondary N) is 2. The summed E-state index contributed by atoms with van der Waals surface area (Å²) in [5.74, 6) is 0.730. The van der Waals surface area contributed by atoms with Crippen LogP contribution < -0.4 is 10.6 Å². The number of amides is 2. The van der Waals surface area contributed by atoms with Gasteiger partial charge in [-0.25, -0.2) is 4.79 Å². The third kappa shape index (κ3) is 7.36. The number of carbonyl (C=O) groups is 2. The van der Waals surface area contributed by atoms with Crippen LogP contribution in [0.4, 0.5) is 4.79 Å². The minimum absolute atomic E-state index is 0.00295. The van der Waals surface area contributed by atoms with Gasteiger partial charge in [-0.1, -0.05) is 96.3 Å². The van der Waals surface area contributed by atoms with E-state index in [1.165, 1.54) is 103 Å². The lowest BCUT2D eigenvalue weighted by molar-refractivity contribution is -0.272. The van der Waals surface area contributed by atoms with Gasteiger partial charge >= 0.3 is 6.09 Å². The van der Waals surface area contributed by atoms with Crippen LogP contribution in [0, 0.1) is 27.6 Å². The average molecular weight is 737 g/mol. The lowest BCUT2D eigenvalue weighted by atomic mass is 9.32. The first-order chi connectivity index (χ1) is 24.8. The molecule has 0 aromatic heterocycles. The molecule has 2 amide bonds. The molecule has 5 aliphatic carbocycles. The second-order valence-electron chi connectivity index (χ2n) is 17.4. The lowest BCUT2D eigenvalue weighted by Gasteiger charge is -2.72. The minimum atomic E-state index is -1.40. The number of ether oxygens (including phenoxy) is 2. The second kappa shape index (κ2) is 17.6. The van der Waals surface area contributed by atoms with E-state index in [9.17, 15) is 20.1 Å². The Morgan fingerprint density at radius 2 is 1.24 bits per heavy atom. The van der Waals surface area contributed by atoms with Crippen LogP contribution in [0.1, 0.15) is 161 Å². The molecule has 1 saturated heterocycles. The van der Waals surface area contributed by atoms with Gasteiger partial charge in [-0.05, 0) is 86.4 Å². The molecule has 5 atom stereocenters. The molecule has 0 spiro atoms. The zero-order valence-electron chi connectivity index (χ0n) is 31.1. The molecule has 6 fully saturated rings. The minimum Gasteiger partial charge on any atom is -0.394 e. The van der Waals surface area contributed by atoms with Crippen molar-refractivity contribution in [1.29, 1.82) is 0 Å². The highest BCUT2D eigenvalue weighted by Gasteiger charge is 2.71. The molecule has 5 N–H and O–H groups in total. The predicted molar refractivity (Wildman–Crippen MR) is 198 cm³/mol. The number of thiol groups is 1. The highest BCUT2D eigenvalue weighted by atomic mass is 32.1. The van der Waals surface area contributed by atoms with Crippen molar-refractivity contribution in [2.75, 3.05) is 19.8 Å². The van der Waals surface area contributed by atoms with Gasteiger partial charge in [-0.2, -0.15) is 0 Å². The molecular weight excluding hydrogens is 669 g/mol. The van der Waals surface area contributed by atoms with E-state index in [4.69, 9.17) is 9.47 Å². The van der Waals surface area contributed by atoms with Gasteiger partial charge in [0.2, 0.25) is 5.91 Å². The molecule has 5 saturated carbocycles. The maximum absolute atomic E-state index is 15.7. The largest absolute Gasteiger partial charge is 0.419 e. The number of rotatable bonds is 11. The van der Waals surface area contributed by atoms with E-state index in [0.717, 1.165) is 63.7 Å². The molecule has 1 aliphatic heterocycles. The van der Waals surface area contributed by atoms with Crippen molar-refractivity contribution in [3.05, 3.63) is 0 Å². The van der Waals surface area contributed by atoms with Gasteiger partial charge in [0.1, 0.15) is 24.4 Å². The molecule has 0 radical (unpaired) electrons. The van der Waals surface area contributed by atoms with E-state index in [1.807, 2.05) is 0 Å². The zero-order chi connectivity index (χ0) is 36.0. The van der Waals surface area contributed by atoms with Crippen molar-refractivity contribution in [2.24, 2.45) is 27.6 Å². The molecule has 6 rings (SSSR count). The van der Waals surface area contributed by atoms with Gasteiger partial charge in [0.05, 0.1) is 18.6 Å². The van der Waals surface area contributed by atoms with E-state index in [1.54, 1.807) is 0 Å². The van der Waals surface area contributed by atoms with Crippen molar-refractivity contribution < 1.29 is 38.6 Å². The SMILES string of the molecule is O=C(NCCO[C@@H]1OC(CO)[C@H](O)[C@H](O)C1NC(=O)C1(C2(C3(C4(C5CCCCC5)CCCCC4)CCCCC3)CCCCC2)CCCCC1)OS. The van der Waals surface area contributed by atoms with Gasteiger partial charge in [0.25, 0.3) is 0 Å². The summed E-state index contributed by atoms with van der Waals surface area (Å²) in [6, 6.07) is -1.05. The zero-order valence-corrected chi connectivity index (χ0v) is 32.0. The normalized spacial score (nSPS) is 33.8. The number of carbonyl (C=O) groups excluding carboxylic acids is 2. The summed E-state index contributed by atoms with van der Waals surface area (Å²) in [5.41, 5.74) is -0.373. The fourth-order valence-electron chi connectivity index (χ4n) is 13.4. The average Bonchev–Trinajstić information content (AvgIpc) is 3.20. The van der Waals surface area contributed by atoms with E-state index < -0.39 is 48.8 Å². The van der Waals surface area contributed by atoms with Crippen LogP contribution in [0.15, 0.2) is 0 Å². The number of aliphatic hydroxyl groups excluding tert-OH is 3. The van der Waals surface area contributed by atoms with Gasteiger partial charge in [0.15, 0.2) is 6.29 Å². The smallest absolute Gasteiger partial charge is 0.394 e. The van der Waals surface area contributed by atoms with E-state index >= 15 is 4.79 Å². The molecule has 6 aliphatic rings. The third-order valence-corrected chi connectivity index (χ3v) is 15.6. The highest BCUT2D eigenvalue weighted by Crippen LogP contribution is 2.77. The van der Waals surface area contributed by atoms with Crippen molar-refractivity contribution in [3.8, 4) is 0 Å². The van der Waals surface area contributed by atoms with Crippen molar-refractivity contribution in [3.63, 3.8) is 0 Å². The summed E-state index contributed by atoms with van der Waals surface area (Å²) in [6.45, 7) is -0.425. The first-order valence-corrected chi connectivity index (χ1v) is 21.3. The van der Waals surface area contributed by atoms with E-state index in [0.29, 0.717) is 0 Å². The summed E-state index contributed by atoms with van der Waals surface area (Å²) in [5, 5.41) is 38.5. The van der Waals surface area contributed by atoms with Crippen LogP contribution in [-0.4, -0.2) is 77.7 Å². The summed E-state index contributed by atoms with van der Waals surface area (Å²) >= 11 is 3.52. The molecule has 1 heterocycles. The Kier molecular flexibility index (Phi) is 13.6. The number of aliphatic hydroxyl groups is 3. The molecular formula is C40H68N2O8S. The molecule has 292 valence electrons. The van der Waals surface area contributed by atoms with Gasteiger partial charge in [-0.3, -0.25) is 4.79 Å². The third-order valence-electron chi connectivity index (χ3n) is 15.4. The van der Waals surface area contributed by atoms with Crippen LogP contribution in [0.3, 0.4) is 0 Å². The molecule has 0 bridgehead atoms. The number of hydrogen-bond acceptors (Lipinski definition) is 9. The maximum Gasteiger partial charge on any atom is 0.419 e. The molecule has 2 unspecified atom stereocenters. The number of hydrogen-bond donors (Lipinski definition) is 6. The summed E-state index contributed by atoms with van der Waals surface area (Å²) in [6.07, 6.45) is 24.4. The maximum atomic E-state index is 15.7. The Bertz CT molecular complexity index is 1130. The quantitative estimate of drug-likeness (QED) is 0.0765. The molecule has 0 aromatic carbocycles. The van der Waals surface area contributed by atoms with Crippen LogP contribution in [0.5, 0.6) is 0 Å². The Morgan fingerprint density at radius 3 is 1.80 bits per heavy atom. The Hall–Kier alpha value is -1.11. The monoisotopic (exact) mass is 736 g/mol. The Balaban J connectivity index is 1.41. The lowest BCUT2D eigenvalue weighted by Crippen LogP contribution is -2.70. The van der Waals surface area contributed by atoms with Crippen molar-refractivity contribution in [2.45, 2.75) is 191 Å². The second-order valence-corrected chi connectivity index (χ2v) is 17.5. The van der Waals surface area contributed by atoms with Gasteiger partial charge < -0.3 is 39.6 Å². The highest BCUT2D eigenvalue weighted by molar-refractivity contribution is 7.75. The van der Waals surface area contributed by atoms with Gasteiger partial charge in [-0.15, -0.1) is 0 Å².